The molecule has 0 saturated carbocycles. The van der Waals surface area contributed by atoms with Crippen molar-refractivity contribution in [3.8, 4) is 11.5 Å². The number of rotatable bonds is 4. The molecule has 1 aromatic rings. The number of carbonyl (C=O) groups is 1. The van der Waals surface area contributed by atoms with E-state index in [2.05, 4.69) is 5.32 Å². The number of nitrogens with one attached hydrogen (secondary N) is 1. The Morgan fingerprint density at radius 3 is 2.47 bits per heavy atom. The lowest BCUT2D eigenvalue weighted by molar-refractivity contribution is 0.0882. The summed E-state index contributed by atoms with van der Waals surface area (Å²) in [6.45, 7) is 5.83. The molecule has 0 spiro atoms. The summed E-state index contributed by atoms with van der Waals surface area (Å²) in [6, 6.07) is 3.55. The Morgan fingerprint density at radius 1 is 1.32 bits per heavy atom. The second-order valence-electron chi connectivity index (χ2n) is 5.61. The summed E-state index contributed by atoms with van der Waals surface area (Å²) in [5, 5.41) is 30.8. The minimum Gasteiger partial charge on any atom is -0.508 e. The standard InChI is InChI=1S/C14H21NO4/c1-14(2,3)12(6-7-16)15-13(19)10-8-9(17)4-5-11(10)18/h4-5,8,12,16-18H,6-7H2,1-3H3,(H,15,19). The lowest BCUT2D eigenvalue weighted by atomic mass is 9.84. The Bertz CT molecular complexity index is 451. The molecule has 1 amide bonds. The van der Waals surface area contributed by atoms with Crippen LogP contribution in [-0.2, 0) is 0 Å². The van der Waals surface area contributed by atoms with Gasteiger partial charge in [-0.15, -0.1) is 0 Å². The van der Waals surface area contributed by atoms with Gasteiger partial charge in [0, 0.05) is 12.6 Å². The smallest absolute Gasteiger partial charge is 0.255 e. The maximum atomic E-state index is 12.1. The molecular weight excluding hydrogens is 246 g/mol. The van der Waals surface area contributed by atoms with Gasteiger partial charge in [0.2, 0.25) is 0 Å². The maximum Gasteiger partial charge on any atom is 0.255 e. The second-order valence-corrected chi connectivity index (χ2v) is 5.61. The van der Waals surface area contributed by atoms with Gasteiger partial charge in [-0.1, -0.05) is 20.8 Å². The van der Waals surface area contributed by atoms with Gasteiger partial charge in [0.1, 0.15) is 11.5 Å². The first-order chi connectivity index (χ1) is 8.75. The van der Waals surface area contributed by atoms with Crippen LogP contribution in [0.2, 0.25) is 0 Å². The zero-order chi connectivity index (χ0) is 14.6. The summed E-state index contributed by atoms with van der Waals surface area (Å²) in [7, 11) is 0. The third-order valence-corrected chi connectivity index (χ3v) is 2.99. The van der Waals surface area contributed by atoms with Crippen molar-refractivity contribution in [1.29, 1.82) is 0 Å². The van der Waals surface area contributed by atoms with Gasteiger partial charge in [0.15, 0.2) is 0 Å². The quantitative estimate of drug-likeness (QED) is 0.624. The van der Waals surface area contributed by atoms with E-state index < -0.39 is 5.91 Å². The van der Waals surface area contributed by atoms with E-state index in [4.69, 9.17) is 5.11 Å². The first-order valence-corrected chi connectivity index (χ1v) is 6.19. The van der Waals surface area contributed by atoms with E-state index in [0.29, 0.717) is 6.42 Å². The molecule has 19 heavy (non-hydrogen) atoms. The van der Waals surface area contributed by atoms with Crippen LogP contribution in [0.1, 0.15) is 37.6 Å². The van der Waals surface area contributed by atoms with Crippen LogP contribution < -0.4 is 5.32 Å². The molecular formula is C14H21NO4. The van der Waals surface area contributed by atoms with Gasteiger partial charge in [0.05, 0.1) is 5.56 Å². The largest absolute Gasteiger partial charge is 0.508 e. The van der Waals surface area contributed by atoms with Crippen molar-refractivity contribution in [2.24, 2.45) is 5.41 Å². The highest BCUT2D eigenvalue weighted by molar-refractivity contribution is 5.97. The Morgan fingerprint density at radius 2 is 1.95 bits per heavy atom. The number of amides is 1. The van der Waals surface area contributed by atoms with Gasteiger partial charge in [-0.2, -0.15) is 0 Å². The number of phenolic OH excluding ortho intramolecular Hbond substituents is 2. The Hall–Kier alpha value is -1.75. The molecule has 5 heteroatoms. The van der Waals surface area contributed by atoms with E-state index in [1.54, 1.807) is 0 Å². The molecule has 0 heterocycles. The van der Waals surface area contributed by atoms with Gasteiger partial charge < -0.3 is 20.6 Å². The van der Waals surface area contributed by atoms with Gasteiger partial charge >= 0.3 is 0 Å². The highest BCUT2D eigenvalue weighted by Gasteiger charge is 2.26. The van der Waals surface area contributed by atoms with E-state index in [1.807, 2.05) is 20.8 Å². The zero-order valence-corrected chi connectivity index (χ0v) is 11.5. The molecule has 1 unspecified atom stereocenters. The van der Waals surface area contributed by atoms with Crippen molar-refractivity contribution in [3.05, 3.63) is 23.8 Å². The van der Waals surface area contributed by atoms with Crippen molar-refractivity contribution in [2.45, 2.75) is 33.2 Å². The van der Waals surface area contributed by atoms with E-state index in [-0.39, 0.29) is 35.1 Å². The Balaban J connectivity index is 2.91. The van der Waals surface area contributed by atoms with Crippen LogP contribution in [-0.4, -0.2) is 33.9 Å². The topological polar surface area (TPSA) is 89.8 Å². The summed E-state index contributed by atoms with van der Waals surface area (Å²) < 4.78 is 0. The van der Waals surface area contributed by atoms with Crippen LogP contribution in [0.15, 0.2) is 18.2 Å². The first kappa shape index (κ1) is 15.3. The number of hydrogen-bond donors (Lipinski definition) is 4. The molecule has 0 radical (unpaired) electrons. The van der Waals surface area contributed by atoms with Crippen molar-refractivity contribution in [2.75, 3.05) is 6.61 Å². The third-order valence-electron chi connectivity index (χ3n) is 2.99. The van der Waals surface area contributed by atoms with E-state index in [0.717, 1.165) is 0 Å². The van der Waals surface area contributed by atoms with Crippen LogP contribution in [0.25, 0.3) is 0 Å². The van der Waals surface area contributed by atoms with Crippen LogP contribution in [0.4, 0.5) is 0 Å². The fraction of sp³-hybridized carbons (Fsp3) is 0.500. The molecule has 0 saturated heterocycles. The van der Waals surface area contributed by atoms with Crippen LogP contribution in [0, 0.1) is 5.41 Å². The van der Waals surface area contributed by atoms with Crippen molar-refractivity contribution >= 4 is 5.91 Å². The molecule has 1 rings (SSSR count). The molecule has 0 fully saturated rings. The number of phenols is 2. The lowest BCUT2D eigenvalue weighted by Crippen LogP contribution is -2.44. The molecule has 0 bridgehead atoms. The predicted octanol–water partition coefficient (Wildman–Crippen LogP) is 1.62. The number of aromatic hydroxyl groups is 2. The molecule has 0 aliphatic carbocycles. The average Bonchev–Trinajstić information content (AvgIpc) is 2.30. The molecule has 0 aliphatic heterocycles. The molecule has 0 aliphatic rings. The highest BCUT2D eigenvalue weighted by atomic mass is 16.3. The van der Waals surface area contributed by atoms with Gasteiger partial charge in [0.25, 0.3) is 5.91 Å². The van der Waals surface area contributed by atoms with Gasteiger partial charge in [-0.3, -0.25) is 4.79 Å². The number of benzene rings is 1. The monoisotopic (exact) mass is 267 g/mol. The molecule has 1 aromatic carbocycles. The van der Waals surface area contributed by atoms with Crippen molar-refractivity contribution in [3.63, 3.8) is 0 Å². The minimum atomic E-state index is -0.471. The fourth-order valence-electron chi connectivity index (χ4n) is 1.79. The number of aliphatic hydroxyl groups excluding tert-OH is 1. The molecule has 106 valence electrons. The highest BCUT2D eigenvalue weighted by Crippen LogP contribution is 2.25. The summed E-state index contributed by atoms with van der Waals surface area (Å²) in [6.07, 6.45) is 0.425. The fourth-order valence-corrected chi connectivity index (χ4v) is 1.79. The van der Waals surface area contributed by atoms with Gasteiger partial charge in [-0.25, -0.2) is 0 Å². The zero-order valence-electron chi connectivity index (χ0n) is 11.5. The molecule has 1 atom stereocenters. The predicted molar refractivity (Wildman–Crippen MR) is 72.2 cm³/mol. The second kappa shape index (κ2) is 5.93. The normalized spacial score (nSPS) is 13.1. The molecule has 0 aromatic heterocycles. The summed E-state index contributed by atoms with van der Waals surface area (Å²) in [5.74, 6) is -0.744. The van der Waals surface area contributed by atoms with Crippen molar-refractivity contribution < 1.29 is 20.1 Å². The van der Waals surface area contributed by atoms with Crippen LogP contribution in [0.3, 0.4) is 0 Å². The SMILES string of the molecule is CC(C)(C)C(CCO)NC(=O)c1cc(O)ccc1O. The number of carbonyl (C=O) groups excluding carboxylic acids is 1. The Kier molecular flexibility index (Phi) is 4.78. The minimum absolute atomic E-state index is 0.0205. The Labute approximate surface area is 112 Å². The van der Waals surface area contributed by atoms with Gasteiger partial charge in [-0.05, 0) is 30.0 Å². The number of aliphatic hydroxyl groups is 1. The first-order valence-electron chi connectivity index (χ1n) is 6.19. The van der Waals surface area contributed by atoms with Crippen molar-refractivity contribution in [1.82, 2.24) is 5.32 Å². The van der Waals surface area contributed by atoms with E-state index in [1.165, 1.54) is 18.2 Å². The van der Waals surface area contributed by atoms with Crippen LogP contribution >= 0.6 is 0 Å². The average molecular weight is 267 g/mol. The van der Waals surface area contributed by atoms with Crippen LogP contribution in [0.5, 0.6) is 11.5 Å². The molecule has 5 nitrogen and oxygen atoms in total. The summed E-state index contributed by atoms with van der Waals surface area (Å²) in [4.78, 5) is 12.1. The molecule has 4 N–H and O–H groups in total. The summed E-state index contributed by atoms with van der Waals surface area (Å²) in [5.41, 5.74) is -0.197. The number of hydrogen-bond acceptors (Lipinski definition) is 4. The maximum absolute atomic E-state index is 12.1. The van der Waals surface area contributed by atoms with E-state index >= 15 is 0 Å². The lowest BCUT2D eigenvalue weighted by Gasteiger charge is -2.31. The summed E-state index contributed by atoms with van der Waals surface area (Å²) >= 11 is 0. The van der Waals surface area contributed by atoms with E-state index in [9.17, 15) is 15.0 Å². The third kappa shape index (κ3) is 4.13.